The summed E-state index contributed by atoms with van der Waals surface area (Å²) in [6.07, 6.45) is 6.38. The SMILES string of the molecule is CNC1=CN(C)C(C)C=C1. The molecule has 2 nitrogen and oxygen atoms in total. The van der Waals surface area contributed by atoms with E-state index in [1.165, 1.54) is 5.70 Å². The average Bonchev–Trinajstić information content (AvgIpc) is 1.95. The normalized spacial score (nSPS) is 24.5. The zero-order valence-electron chi connectivity index (χ0n) is 6.76. The first kappa shape index (κ1) is 7.19. The molecule has 1 rings (SSSR count). The topological polar surface area (TPSA) is 15.3 Å². The fourth-order valence-corrected chi connectivity index (χ4v) is 0.907. The second kappa shape index (κ2) is 2.78. The van der Waals surface area contributed by atoms with E-state index in [0.29, 0.717) is 6.04 Å². The maximum Gasteiger partial charge on any atom is 0.0496 e. The zero-order valence-corrected chi connectivity index (χ0v) is 6.76. The molecule has 0 fully saturated rings. The van der Waals surface area contributed by atoms with Gasteiger partial charge in [-0.05, 0) is 13.0 Å². The second-order valence-corrected chi connectivity index (χ2v) is 2.60. The number of likely N-dealkylation sites (N-methyl/N-ethyl adjacent to an activating group) is 2. The molecule has 10 heavy (non-hydrogen) atoms. The molecular formula is C8H14N2. The van der Waals surface area contributed by atoms with Crippen molar-refractivity contribution in [2.75, 3.05) is 14.1 Å². The van der Waals surface area contributed by atoms with Gasteiger partial charge in [-0.15, -0.1) is 0 Å². The van der Waals surface area contributed by atoms with Crippen LogP contribution in [0.1, 0.15) is 6.92 Å². The molecule has 0 saturated carbocycles. The standard InChI is InChI=1S/C8H14N2/c1-7-4-5-8(9-2)6-10(7)3/h4-7,9H,1-3H3. The Bertz CT molecular complexity index is 170. The third-order valence-corrected chi connectivity index (χ3v) is 1.83. The molecule has 56 valence electrons. The molecule has 2 heteroatoms. The Hall–Kier alpha value is -0.920. The summed E-state index contributed by atoms with van der Waals surface area (Å²) in [6.45, 7) is 2.17. The van der Waals surface area contributed by atoms with E-state index >= 15 is 0 Å². The molecule has 1 N–H and O–H groups in total. The van der Waals surface area contributed by atoms with Gasteiger partial charge in [0.1, 0.15) is 0 Å². The number of hydrogen-bond acceptors (Lipinski definition) is 2. The summed E-state index contributed by atoms with van der Waals surface area (Å²) in [7, 11) is 4.01. The molecular weight excluding hydrogens is 124 g/mol. The van der Waals surface area contributed by atoms with Crippen LogP contribution >= 0.6 is 0 Å². The van der Waals surface area contributed by atoms with Crippen molar-refractivity contribution in [1.29, 1.82) is 0 Å². The van der Waals surface area contributed by atoms with Gasteiger partial charge < -0.3 is 10.2 Å². The number of nitrogens with zero attached hydrogens (tertiary/aromatic N) is 1. The highest BCUT2D eigenvalue weighted by molar-refractivity contribution is 5.21. The van der Waals surface area contributed by atoms with E-state index in [9.17, 15) is 0 Å². The van der Waals surface area contributed by atoms with Crippen LogP contribution in [-0.2, 0) is 0 Å². The minimum absolute atomic E-state index is 0.525. The Kier molecular flexibility index (Phi) is 2.00. The highest BCUT2D eigenvalue weighted by Crippen LogP contribution is 2.07. The molecule has 1 unspecified atom stereocenters. The van der Waals surface area contributed by atoms with E-state index in [0.717, 1.165) is 0 Å². The summed E-state index contributed by atoms with van der Waals surface area (Å²) in [5.74, 6) is 0. The maximum absolute atomic E-state index is 3.09. The lowest BCUT2D eigenvalue weighted by Gasteiger charge is -2.24. The summed E-state index contributed by atoms with van der Waals surface area (Å²) < 4.78 is 0. The van der Waals surface area contributed by atoms with Gasteiger partial charge in [0, 0.05) is 32.0 Å². The van der Waals surface area contributed by atoms with Crippen molar-refractivity contribution >= 4 is 0 Å². The van der Waals surface area contributed by atoms with Gasteiger partial charge in [-0.2, -0.15) is 0 Å². The molecule has 0 radical (unpaired) electrons. The molecule has 0 spiro atoms. The molecule has 0 aliphatic carbocycles. The fourth-order valence-electron chi connectivity index (χ4n) is 0.907. The molecule has 0 bridgehead atoms. The first-order valence-electron chi connectivity index (χ1n) is 3.53. The zero-order chi connectivity index (χ0) is 7.56. The van der Waals surface area contributed by atoms with Gasteiger partial charge in [-0.25, -0.2) is 0 Å². The van der Waals surface area contributed by atoms with Crippen molar-refractivity contribution in [3.05, 3.63) is 24.0 Å². The molecule has 1 heterocycles. The monoisotopic (exact) mass is 138 g/mol. The van der Waals surface area contributed by atoms with Gasteiger partial charge in [0.15, 0.2) is 0 Å². The molecule has 0 amide bonds. The Morgan fingerprint density at radius 2 is 2.30 bits per heavy atom. The molecule has 0 saturated heterocycles. The largest absolute Gasteiger partial charge is 0.387 e. The average molecular weight is 138 g/mol. The van der Waals surface area contributed by atoms with E-state index in [1.54, 1.807) is 0 Å². The maximum atomic E-state index is 3.09. The van der Waals surface area contributed by atoms with Gasteiger partial charge in [0.05, 0.1) is 0 Å². The van der Waals surface area contributed by atoms with E-state index < -0.39 is 0 Å². The molecule has 0 aromatic carbocycles. The van der Waals surface area contributed by atoms with Crippen LogP contribution < -0.4 is 5.32 Å². The second-order valence-electron chi connectivity index (χ2n) is 2.60. The van der Waals surface area contributed by atoms with Crippen LogP contribution in [-0.4, -0.2) is 25.0 Å². The van der Waals surface area contributed by atoms with Crippen LogP contribution in [0.15, 0.2) is 24.0 Å². The van der Waals surface area contributed by atoms with Gasteiger partial charge in [0.2, 0.25) is 0 Å². The Labute approximate surface area is 62.2 Å². The summed E-state index contributed by atoms with van der Waals surface area (Å²) >= 11 is 0. The van der Waals surface area contributed by atoms with Crippen LogP contribution in [0.4, 0.5) is 0 Å². The van der Waals surface area contributed by atoms with Gasteiger partial charge in [-0.1, -0.05) is 6.08 Å². The molecule has 1 atom stereocenters. The van der Waals surface area contributed by atoms with Crippen LogP contribution in [0.25, 0.3) is 0 Å². The lowest BCUT2D eigenvalue weighted by Crippen LogP contribution is -2.26. The quantitative estimate of drug-likeness (QED) is 0.580. The predicted octanol–water partition coefficient (Wildman–Crippen LogP) is 0.937. The molecule has 1 aliphatic rings. The van der Waals surface area contributed by atoms with Crippen LogP contribution in [0.5, 0.6) is 0 Å². The highest BCUT2D eigenvalue weighted by Gasteiger charge is 2.05. The summed E-state index contributed by atoms with van der Waals surface area (Å²) in [5.41, 5.74) is 1.17. The number of hydrogen-bond donors (Lipinski definition) is 1. The first-order valence-corrected chi connectivity index (χ1v) is 3.53. The van der Waals surface area contributed by atoms with E-state index in [4.69, 9.17) is 0 Å². The van der Waals surface area contributed by atoms with Crippen molar-refractivity contribution in [2.24, 2.45) is 0 Å². The van der Waals surface area contributed by atoms with Crippen LogP contribution in [0, 0.1) is 0 Å². The van der Waals surface area contributed by atoms with E-state index in [1.807, 2.05) is 7.05 Å². The number of rotatable bonds is 1. The fraction of sp³-hybridized carbons (Fsp3) is 0.500. The van der Waals surface area contributed by atoms with Crippen molar-refractivity contribution in [2.45, 2.75) is 13.0 Å². The third kappa shape index (κ3) is 1.32. The minimum Gasteiger partial charge on any atom is -0.387 e. The van der Waals surface area contributed by atoms with Crippen molar-refractivity contribution in [1.82, 2.24) is 10.2 Å². The Morgan fingerprint density at radius 1 is 1.60 bits per heavy atom. The highest BCUT2D eigenvalue weighted by atomic mass is 15.1. The summed E-state index contributed by atoms with van der Waals surface area (Å²) in [4.78, 5) is 2.17. The lowest BCUT2D eigenvalue weighted by atomic mass is 10.2. The van der Waals surface area contributed by atoms with Crippen LogP contribution in [0.3, 0.4) is 0 Å². The summed E-state index contributed by atoms with van der Waals surface area (Å²) in [6, 6.07) is 0.525. The van der Waals surface area contributed by atoms with Gasteiger partial charge >= 0.3 is 0 Å². The Morgan fingerprint density at radius 3 is 2.80 bits per heavy atom. The lowest BCUT2D eigenvalue weighted by molar-refractivity contribution is 0.397. The van der Waals surface area contributed by atoms with Gasteiger partial charge in [-0.3, -0.25) is 0 Å². The number of nitrogens with one attached hydrogen (secondary N) is 1. The Balaban J connectivity index is 2.66. The summed E-state index contributed by atoms with van der Waals surface area (Å²) in [5, 5.41) is 3.09. The van der Waals surface area contributed by atoms with Crippen molar-refractivity contribution < 1.29 is 0 Å². The molecule has 0 aromatic heterocycles. The van der Waals surface area contributed by atoms with Crippen LogP contribution in [0.2, 0.25) is 0 Å². The molecule has 1 aliphatic heterocycles. The minimum atomic E-state index is 0.525. The first-order chi connectivity index (χ1) is 4.74. The number of allylic oxidation sites excluding steroid dienone is 1. The predicted molar refractivity (Wildman–Crippen MR) is 43.5 cm³/mol. The third-order valence-electron chi connectivity index (χ3n) is 1.83. The van der Waals surface area contributed by atoms with Crippen molar-refractivity contribution in [3.8, 4) is 0 Å². The van der Waals surface area contributed by atoms with Gasteiger partial charge in [0.25, 0.3) is 0 Å². The van der Waals surface area contributed by atoms with Crippen molar-refractivity contribution in [3.63, 3.8) is 0 Å². The van der Waals surface area contributed by atoms with E-state index in [-0.39, 0.29) is 0 Å². The smallest absolute Gasteiger partial charge is 0.0496 e. The van der Waals surface area contributed by atoms with E-state index in [2.05, 4.69) is 42.5 Å². The molecule has 0 aromatic rings.